The Kier molecular flexibility index (Phi) is 18.7. The van der Waals surface area contributed by atoms with Gasteiger partial charge in [0.1, 0.15) is 0 Å². The SMILES string of the molecule is O=[N+]([O-])c1ccccc1O.O=[N+]([O-])c1ccccc1O.O=[N+]([O-])c1ccccc1O.O=[N+]([O-])c1ccccc1[O-].P.[Na+]. The normalized spacial score (nSPS) is 8.76. The Bertz CT molecular complexity index is 1270. The number of nitro benzene ring substituents is 4. The van der Waals surface area contributed by atoms with E-state index in [0.29, 0.717) is 0 Å². The Hall–Kier alpha value is -4.89. The van der Waals surface area contributed by atoms with Crippen LogP contribution in [0.1, 0.15) is 0 Å². The fraction of sp³-hybridized carbons (Fsp3) is 0. The zero-order chi connectivity index (χ0) is 30.2. The molecule has 0 radical (unpaired) electrons. The molecule has 0 aliphatic carbocycles. The number of nitrogens with zero attached hydrogens (tertiary/aromatic N) is 4. The van der Waals surface area contributed by atoms with Crippen LogP contribution in [-0.4, -0.2) is 35.0 Å². The van der Waals surface area contributed by atoms with Gasteiger partial charge in [-0.1, -0.05) is 54.6 Å². The van der Waals surface area contributed by atoms with Crippen molar-refractivity contribution in [3.8, 4) is 23.0 Å². The third-order valence-electron chi connectivity index (χ3n) is 4.30. The molecule has 4 aromatic rings. The summed E-state index contributed by atoms with van der Waals surface area (Å²) in [6, 6.07) is 21.9. The molecule has 0 spiro atoms. The van der Waals surface area contributed by atoms with Crippen LogP contribution in [0.25, 0.3) is 0 Å². The number of aromatic hydroxyl groups is 3. The van der Waals surface area contributed by atoms with Crippen LogP contribution in [0, 0.1) is 40.5 Å². The second-order valence-corrected chi connectivity index (χ2v) is 6.96. The Morgan fingerprint density at radius 1 is 0.429 bits per heavy atom. The van der Waals surface area contributed by atoms with Crippen LogP contribution >= 0.6 is 9.90 Å². The summed E-state index contributed by atoms with van der Waals surface area (Å²) in [5, 5.41) is 77.4. The summed E-state index contributed by atoms with van der Waals surface area (Å²) in [7, 11) is 0. The van der Waals surface area contributed by atoms with Crippen molar-refractivity contribution in [2.45, 2.75) is 0 Å². The molecule has 216 valence electrons. The van der Waals surface area contributed by atoms with Gasteiger partial charge in [-0.3, -0.25) is 40.5 Å². The van der Waals surface area contributed by atoms with E-state index in [-0.39, 0.29) is 79.5 Å². The Labute approximate surface area is 262 Å². The number of benzene rings is 4. The molecular weight excluding hydrogens is 590 g/mol. The van der Waals surface area contributed by atoms with Gasteiger partial charge in [-0.15, -0.1) is 0 Å². The molecule has 0 aliphatic heterocycles. The van der Waals surface area contributed by atoms with E-state index in [1.54, 1.807) is 0 Å². The molecule has 16 nitrogen and oxygen atoms in total. The largest absolute Gasteiger partial charge is 1.00 e. The van der Waals surface area contributed by atoms with Gasteiger partial charge in [0, 0.05) is 24.3 Å². The van der Waals surface area contributed by atoms with Gasteiger partial charge in [0.25, 0.3) is 5.69 Å². The minimum Gasteiger partial charge on any atom is -0.868 e. The van der Waals surface area contributed by atoms with Gasteiger partial charge in [-0.2, -0.15) is 9.90 Å². The molecule has 0 aromatic heterocycles. The summed E-state index contributed by atoms with van der Waals surface area (Å²) in [4.78, 5) is 37.6. The second kappa shape index (κ2) is 20.1. The molecule has 1 unspecified atom stereocenters. The molecule has 0 bridgehead atoms. The second-order valence-electron chi connectivity index (χ2n) is 6.96. The molecule has 0 aliphatic rings. The van der Waals surface area contributed by atoms with Crippen LogP contribution in [-0.2, 0) is 0 Å². The van der Waals surface area contributed by atoms with Gasteiger partial charge < -0.3 is 20.4 Å². The van der Waals surface area contributed by atoms with E-state index in [0.717, 1.165) is 6.07 Å². The van der Waals surface area contributed by atoms with Gasteiger partial charge in [-0.05, 0) is 23.9 Å². The molecule has 0 saturated carbocycles. The molecule has 4 rings (SSSR count). The van der Waals surface area contributed by atoms with Crippen LogP contribution in [0.5, 0.6) is 23.0 Å². The average Bonchev–Trinajstić information content (AvgIpc) is 2.90. The fourth-order valence-electron chi connectivity index (χ4n) is 2.46. The number of para-hydroxylation sites is 8. The van der Waals surface area contributed by atoms with Gasteiger partial charge in [0.05, 0.1) is 19.7 Å². The topological polar surface area (TPSA) is 256 Å². The summed E-state index contributed by atoms with van der Waals surface area (Å²) in [5.74, 6) is -1.44. The van der Waals surface area contributed by atoms with E-state index in [1.165, 1.54) is 91.0 Å². The van der Waals surface area contributed by atoms with Crippen molar-refractivity contribution >= 4 is 32.6 Å². The van der Waals surface area contributed by atoms with E-state index < -0.39 is 25.4 Å². The standard InChI is InChI=1S/4C6H5NO3.Na.H3P/c4*8-6-4-2-1-3-5(6)7(9)10;;/h4*1-4,8H;;1H3/q;;;;+1;/p-1. The molecule has 4 aromatic carbocycles. The first kappa shape index (κ1) is 39.3. The number of phenolic OH excluding ortho intramolecular Hbond substituents is 3. The Morgan fingerprint density at radius 3 is 0.810 bits per heavy atom. The molecule has 42 heavy (non-hydrogen) atoms. The zero-order valence-electron chi connectivity index (χ0n) is 21.7. The van der Waals surface area contributed by atoms with E-state index in [9.17, 15) is 45.6 Å². The maximum absolute atomic E-state index is 10.6. The molecule has 1 atom stereocenters. The van der Waals surface area contributed by atoms with Crippen molar-refractivity contribution in [2.75, 3.05) is 0 Å². The molecule has 0 fully saturated rings. The first-order valence-electron chi connectivity index (χ1n) is 10.5. The van der Waals surface area contributed by atoms with Crippen LogP contribution in [0.4, 0.5) is 22.7 Å². The van der Waals surface area contributed by atoms with Crippen molar-refractivity contribution in [1.82, 2.24) is 0 Å². The quantitative estimate of drug-likeness (QED) is 0.129. The average molecular weight is 612 g/mol. The number of hydrogen-bond acceptors (Lipinski definition) is 12. The molecule has 0 saturated heterocycles. The van der Waals surface area contributed by atoms with Gasteiger partial charge >= 0.3 is 46.6 Å². The van der Waals surface area contributed by atoms with Crippen LogP contribution in [0.2, 0.25) is 0 Å². The maximum Gasteiger partial charge on any atom is 1.00 e. The van der Waals surface area contributed by atoms with E-state index in [4.69, 9.17) is 15.3 Å². The fourth-order valence-corrected chi connectivity index (χ4v) is 2.46. The molecule has 3 N–H and O–H groups in total. The van der Waals surface area contributed by atoms with Crippen molar-refractivity contribution in [3.63, 3.8) is 0 Å². The third kappa shape index (κ3) is 13.5. The molecule has 0 amide bonds. The molecule has 0 heterocycles. The predicted molar refractivity (Wildman–Crippen MR) is 148 cm³/mol. The third-order valence-corrected chi connectivity index (χ3v) is 4.30. The monoisotopic (exact) mass is 612 g/mol. The van der Waals surface area contributed by atoms with Gasteiger partial charge in [-0.25, -0.2) is 0 Å². The molecule has 18 heteroatoms. The van der Waals surface area contributed by atoms with Crippen LogP contribution in [0.3, 0.4) is 0 Å². The summed E-state index contributed by atoms with van der Waals surface area (Å²) in [6.45, 7) is 0. The first-order chi connectivity index (χ1) is 18.9. The Balaban J connectivity index is 0. The number of rotatable bonds is 4. The summed E-state index contributed by atoms with van der Waals surface area (Å²) < 4.78 is 0. The predicted octanol–water partition coefficient (Wildman–Crippen LogP) is 1.63. The van der Waals surface area contributed by atoms with Crippen molar-refractivity contribution in [1.29, 1.82) is 0 Å². The van der Waals surface area contributed by atoms with E-state index >= 15 is 0 Å². The van der Waals surface area contributed by atoms with Crippen LogP contribution in [0.15, 0.2) is 97.1 Å². The van der Waals surface area contributed by atoms with E-state index in [2.05, 4.69) is 0 Å². The van der Waals surface area contributed by atoms with E-state index in [1.807, 2.05) is 0 Å². The van der Waals surface area contributed by atoms with Crippen molar-refractivity contribution < 1.29 is 69.7 Å². The van der Waals surface area contributed by atoms with Gasteiger partial charge in [0.15, 0.2) is 17.2 Å². The minimum atomic E-state index is -0.692. The van der Waals surface area contributed by atoms with Crippen LogP contribution < -0.4 is 34.7 Å². The molecular formula is C24H22N4NaO12P. The van der Waals surface area contributed by atoms with Crippen molar-refractivity contribution in [2.24, 2.45) is 0 Å². The summed E-state index contributed by atoms with van der Waals surface area (Å²) in [6.07, 6.45) is 0. The van der Waals surface area contributed by atoms with Crippen molar-refractivity contribution in [3.05, 3.63) is 138 Å². The Morgan fingerprint density at radius 2 is 0.643 bits per heavy atom. The summed E-state index contributed by atoms with van der Waals surface area (Å²) >= 11 is 0. The smallest absolute Gasteiger partial charge is 0.868 e. The number of nitro groups is 4. The minimum absolute atomic E-state index is 0. The maximum atomic E-state index is 10.6. The van der Waals surface area contributed by atoms with Gasteiger partial charge in [0.2, 0.25) is 0 Å². The summed E-state index contributed by atoms with van der Waals surface area (Å²) in [5.41, 5.74) is -1.16. The number of hydrogen-bond donors (Lipinski definition) is 3. The first-order valence-corrected chi connectivity index (χ1v) is 10.5. The zero-order valence-corrected chi connectivity index (χ0v) is 25.2. The number of phenols is 3.